The Kier molecular flexibility index (Phi) is 4.93. The van der Waals surface area contributed by atoms with Gasteiger partial charge in [-0.3, -0.25) is 9.59 Å². The Balaban J connectivity index is 1.83. The molecule has 2 amide bonds. The molecule has 0 unspecified atom stereocenters. The third kappa shape index (κ3) is 3.76. The van der Waals surface area contributed by atoms with Crippen molar-refractivity contribution in [3.63, 3.8) is 0 Å². The zero-order valence-electron chi connectivity index (χ0n) is 14.5. The highest BCUT2D eigenvalue weighted by atomic mass is 16.2. The second-order valence-electron chi connectivity index (χ2n) is 6.05. The summed E-state index contributed by atoms with van der Waals surface area (Å²) in [5.41, 5.74) is 4.00. The van der Waals surface area contributed by atoms with Crippen LogP contribution in [0.25, 0.3) is 0 Å². The summed E-state index contributed by atoms with van der Waals surface area (Å²) in [6.07, 6.45) is 1.45. The van der Waals surface area contributed by atoms with Gasteiger partial charge in [-0.15, -0.1) is 0 Å². The lowest BCUT2D eigenvalue weighted by atomic mass is 10.1. The van der Waals surface area contributed by atoms with E-state index in [4.69, 9.17) is 0 Å². The first-order valence-corrected chi connectivity index (χ1v) is 8.45. The fourth-order valence-electron chi connectivity index (χ4n) is 2.75. The van der Waals surface area contributed by atoms with Crippen molar-refractivity contribution in [1.29, 1.82) is 0 Å². The SMILES string of the molecule is CCc1ccccc1NC(=O)C1=NN(c2ccc(C)cc2)C(=O)CC1. The van der Waals surface area contributed by atoms with Gasteiger partial charge in [-0.1, -0.05) is 42.8 Å². The van der Waals surface area contributed by atoms with Gasteiger partial charge in [0.05, 0.1) is 5.69 Å². The molecule has 5 heteroatoms. The summed E-state index contributed by atoms with van der Waals surface area (Å²) >= 11 is 0. The number of carbonyl (C=O) groups is 2. The molecule has 0 fully saturated rings. The van der Waals surface area contributed by atoms with Crippen LogP contribution in [0.3, 0.4) is 0 Å². The van der Waals surface area contributed by atoms with Crippen molar-refractivity contribution in [3.05, 3.63) is 59.7 Å². The summed E-state index contributed by atoms with van der Waals surface area (Å²) in [7, 11) is 0. The number of aryl methyl sites for hydroxylation is 2. The number of para-hydroxylation sites is 1. The van der Waals surface area contributed by atoms with Crippen LogP contribution < -0.4 is 10.3 Å². The molecule has 0 saturated heterocycles. The number of carbonyl (C=O) groups excluding carboxylic acids is 2. The molecule has 1 heterocycles. The summed E-state index contributed by atoms with van der Waals surface area (Å²) < 4.78 is 0. The van der Waals surface area contributed by atoms with Gasteiger partial charge < -0.3 is 5.32 Å². The number of hydrogen-bond donors (Lipinski definition) is 1. The van der Waals surface area contributed by atoms with E-state index in [9.17, 15) is 9.59 Å². The fraction of sp³-hybridized carbons (Fsp3) is 0.250. The quantitative estimate of drug-likeness (QED) is 0.926. The third-order valence-corrected chi connectivity index (χ3v) is 4.22. The predicted octanol–water partition coefficient (Wildman–Crippen LogP) is 3.68. The molecule has 2 aromatic carbocycles. The minimum Gasteiger partial charge on any atom is -0.321 e. The zero-order valence-corrected chi connectivity index (χ0v) is 14.5. The Morgan fingerprint density at radius 2 is 1.84 bits per heavy atom. The largest absolute Gasteiger partial charge is 0.321 e. The van der Waals surface area contributed by atoms with Crippen molar-refractivity contribution in [2.45, 2.75) is 33.1 Å². The molecule has 0 bridgehead atoms. The predicted molar refractivity (Wildman–Crippen MR) is 99.8 cm³/mol. The van der Waals surface area contributed by atoms with E-state index in [2.05, 4.69) is 10.4 Å². The highest BCUT2D eigenvalue weighted by molar-refractivity contribution is 6.44. The van der Waals surface area contributed by atoms with E-state index < -0.39 is 0 Å². The highest BCUT2D eigenvalue weighted by Crippen LogP contribution is 2.22. The minimum atomic E-state index is -0.259. The number of hydrazone groups is 1. The maximum Gasteiger partial charge on any atom is 0.271 e. The number of nitrogens with one attached hydrogen (secondary N) is 1. The van der Waals surface area contributed by atoms with Crippen LogP contribution in [0, 0.1) is 6.92 Å². The zero-order chi connectivity index (χ0) is 17.8. The molecular weight excluding hydrogens is 314 g/mol. The van der Waals surface area contributed by atoms with Gasteiger partial charge in [0.15, 0.2) is 0 Å². The number of hydrogen-bond acceptors (Lipinski definition) is 3. The Labute approximate surface area is 147 Å². The first kappa shape index (κ1) is 16.9. The standard InChI is InChI=1S/C20H21N3O2/c1-3-15-6-4-5-7-17(15)21-20(25)18-12-13-19(24)23(22-18)16-10-8-14(2)9-11-16/h4-11H,3,12-13H2,1-2H3,(H,21,25). The average Bonchev–Trinajstić information content (AvgIpc) is 2.63. The molecule has 0 atom stereocenters. The third-order valence-electron chi connectivity index (χ3n) is 4.22. The van der Waals surface area contributed by atoms with E-state index in [1.165, 1.54) is 5.01 Å². The van der Waals surface area contributed by atoms with Crippen LogP contribution in [0.4, 0.5) is 11.4 Å². The van der Waals surface area contributed by atoms with Crippen LogP contribution in [0.2, 0.25) is 0 Å². The maximum atomic E-state index is 12.6. The Hall–Kier alpha value is -2.95. The van der Waals surface area contributed by atoms with Crippen molar-refractivity contribution in [3.8, 4) is 0 Å². The average molecular weight is 335 g/mol. The summed E-state index contributed by atoms with van der Waals surface area (Å²) in [6, 6.07) is 15.2. The van der Waals surface area contributed by atoms with E-state index in [0.717, 1.165) is 23.2 Å². The molecule has 2 aromatic rings. The van der Waals surface area contributed by atoms with Crippen LogP contribution >= 0.6 is 0 Å². The molecular formula is C20H21N3O2. The Morgan fingerprint density at radius 1 is 1.12 bits per heavy atom. The molecule has 0 aromatic heterocycles. The van der Waals surface area contributed by atoms with Crippen molar-refractivity contribution in [2.24, 2.45) is 5.10 Å². The van der Waals surface area contributed by atoms with Crippen LogP contribution in [0.5, 0.6) is 0 Å². The summed E-state index contributed by atoms with van der Waals surface area (Å²) in [5.74, 6) is -0.361. The Morgan fingerprint density at radius 3 is 2.56 bits per heavy atom. The van der Waals surface area contributed by atoms with E-state index in [1.54, 1.807) is 0 Å². The van der Waals surface area contributed by atoms with Crippen LogP contribution in [-0.4, -0.2) is 17.5 Å². The summed E-state index contributed by atoms with van der Waals surface area (Å²) in [5, 5.41) is 8.55. The van der Waals surface area contributed by atoms with E-state index >= 15 is 0 Å². The molecule has 5 nitrogen and oxygen atoms in total. The number of rotatable bonds is 4. The maximum absolute atomic E-state index is 12.6. The lowest BCUT2D eigenvalue weighted by Crippen LogP contribution is -2.36. The fourth-order valence-corrected chi connectivity index (χ4v) is 2.75. The molecule has 3 rings (SSSR count). The van der Waals surface area contributed by atoms with Gasteiger partial charge in [-0.2, -0.15) is 5.10 Å². The summed E-state index contributed by atoms with van der Waals surface area (Å²) in [6.45, 7) is 4.02. The monoisotopic (exact) mass is 335 g/mol. The number of benzene rings is 2. The lowest BCUT2D eigenvalue weighted by molar-refractivity contribution is -0.118. The van der Waals surface area contributed by atoms with Crippen molar-refractivity contribution >= 4 is 28.9 Å². The van der Waals surface area contributed by atoms with Gasteiger partial charge in [0, 0.05) is 18.5 Å². The minimum absolute atomic E-state index is 0.102. The van der Waals surface area contributed by atoms with Crippen molar-refractivity contribution in [2.75, 3.05) is 10.3 Å². The molecule has 0 spiro atoms. The topological polar surface area (TPSA) is 61.8 Å². The lowest BCUT2D eigenvalue weighted by Gasteiger charge is -2.23. The Bertz CT molecular complexity index is 825. The summed E-state index contributed by atoms with van der Waals surface area (Å²) in [4.78, 5) is 24.8. The molecule has 0 saturated carbocycles. The second-order valence-corrected chi connectivity index (χ2v) is 6.05. The van der Waals surface area contributed by atoms with E-state index in [1.807, 2.05) is 62.4 Å². The molecule has 0 aliphatic carbocycles. The van der Waals surface area contributed by atoms with Gasteiger partial charge in [-0.25, -0.2) is 5.01 Å². The first-order valence-electron chi connectivity index (χ1n) is 8.45. The molecule has 1 aliphatic heterocycles. The van der Waals surface area contributed by atoms with Crippen molar-refractivity contribution < 1.29 is 9.59 Å². The molecule has 25 heavy (non-hydrogen) atoms. The van der Waals surface area contributed by atoms with E-state index in [0.29, 0.717) is 17.8 Å². The van der Waals surface area contributed by atoms with Crippen LogP contribution in [0.15, 0.2) is 53.6 Å². The molecule has 128 valence electrons. The number of nitrogens with zero attached hydrogens (tertiary/aromatic N) is 2. The smallest absolute Gasteiger partial charge is 0.271 e. The number of amides is 2. The van der Waals surface area contributed by atoms with Gasteiger partial charge in [0.25, 0.3) is 5.91 Å². The first-order chi connectivity index (χ1) is 12.1. The molecule has 1 N–H and O–H groups in total. The van der Waals surface area contributed by atoms with Gasteiger partial charge >= 0.3 is 0 Å². The molecule has 1 aliphatic rings. The highest BCUT2D eigenvalue weighted by Gasteiger charge is 2.25. The number of anilines is 2. The van der Waals surface area contributed by atoms with E-state index in [-0.39, 0.29) is 18.2 Å². The normalized spacial score (nSPS) is 14.2. The van der Waals surface area contributed by atoms with Crippen LogP contribution in [-0.2, 0) is 16.0 Å². The second kappa shape index (κ2) is 7.30. The van der Waals surface area contributed by atoms with Crippen molar-refractivity contribution in [1.82, 2.24) is 0 Å². The van der Waals surface area contributed by atoms with Gasteiger partial charge in [0.1, 0.15) is 5.71 Å². The van der Waals surface area contributed by atoms with Gasteiger partial charge in [-0.05, 0) is 37.1 Å². The van der Waals surface area contributed by atoms with Crippen LogP contribution in [0.1, 0.15) is 30.9 Å². The molecule has 0 radical (unpaired) electrons. The van der Waals surface area contributed by atoms with Gasteiger partial charge in [0.2, 0.25) is 5.91 Å².